The Morgan fingerprint density at radius 1 is 1.47 bits per heavy atom. The SMILES string of the molecule is COc1cccc(C(C)(NCCN(C)C)C(=O)O)c1. The molecule has 0 radical (unpaired) electrons. The van der Waals surface area contributed by atoms with Gasteiger partial charge in [0.1, 0.15) is 11.3 Å². The molecular formula is C14H22N2O3. The van der Waals surface area contributed by atoms with Crippen molar-refractivity contribution in [3.8, 4) is 5.75 Å². The smallest absolute Gasteiger partial charge is 0.328 e. The predicted molar refractivity (Wildman–Crippen MR) is 74.5 cm³/mol. The monoisotopic (exact) mass is 266 g/mol. The molecule has 0 heterocycles. The minimum Gasteiger partial charge on any atom is -0.497 e. The second-order valence-corrected chi connectivity index (χ2v) is 4.89. The maximum absolute atomic E-state index is 11.6. The average Bonchev–Trinajstić information content (AvgIpc) is 2.37. The Balaban J connectivity index is 2.94. The molecule has 0 aliphatic carbocycles. The van der Waals surface area contributed by atoms with Gasteiger partial charge in [-0.15, -0.1) is 0 Å². The van der Waals surface area contributed by atoms with Crippen LogP contribution in [0, 0.1) is 0 Å². The van der Waals surface area contributed by atoms with Crippen LogP contribution >= 0.6 is 0 Å². The number of carbonyl (C=O) groups is 1. The van der Waals surface area contributed by atoms with Crippen LogP contribution in [0.15, 0.2) is 24.3 Å². The van der Waals surface area contributed by atoms with Crippen molar-refractivity contribution < 1.29 is 14.6 Å². The number of methoxy groups -OCH3 is 1. The van der Waals surface area contributed by atoms with Crippen LogP contribution in [0.2, 0.25) is 0 Å². The van der Waals surface area contributed by atoms with Crippen molar-refractivity contribution >= 4 is 5.97 Å². The highest BCUT2D eigenvalue weighted by molar-refractivity contribution is 5.80. The topological polar surface area (TPSA) is 61.8 Å². The van der Waals surface area contributed by atoms with Gasteiger partial charge < -0.3 is 14.7 Å². The summed E-state index contributed by atoms with van der Waals surface area (Å²) in [4.78, 5) is 13.6. The first-order valence-electron chi connectivity index (χ1n) is 6.18. The lowest BCUT2D eigenvalue weighted by molar-refractivity contribution is -0.144. The first-order chi connectivity index (χ1) is 8.90. The standard InChI is InChI=1S/C14H22N2O3/c1-14(13(17)18,15-8-9-16(2)3)11-6-5-7-12(10-11)19-4/h5-7,10,15H,8-9H2,1-4H3,(H,17,18). The minimum atomic E-state index is -1.12. The molecule has 0 amide bonds. The molecule has 106 valence electrons. The normalized spacial score (nSPS) is 14.2. The number of benzene rings is 1. The van der Waals surface area contributed by atoms with Crippen LogP contribution in [0.3, 0.4) is 0 Å². The average molecular weight is 266 g/mol. The summed E-state index contributed by atoms with van der Waals surface area (Å²) in [6, 6.07) is 7.13. The second kappa shape index (κ2) is 6.54. The van der Waals surface area contributed by atoms with Crippen molar-refractivity contribution in [3.05, 3.63) is 29.8 Å². The summed E-state index contributed by atoms with van der Waals surface area (Å²) in [5, 5.41) is 12.6. The number of carboxylic acids is 1. The molecule has 1 rings (SSSR count). The number of aliphatic carboxylic acids is 1. The van der Waals surface area contributed by atoms with Crippen molar-refractivity contribution in [2.75, 3.05) is 34.3 Å². The van der Waals surface area contributed by atoms with E-state index in [9.17, 15) is 9.90 Å². The van der Waals surface area contributed by atoms with E-state index in [1.165, 1.54) is 0 Å². The number of nitrogens with zero attached hydrogens (tertiary/aromatic N) is 1. The van der Waals surface area contributed by atoms with Crippen LogP contribution in [0.1, 0.15) is 12.5 Å². The fourth-order valence-electron chi connectivity index (χ4n) is 1.76. The first kappa shape index (κ1) is 15.5. The number of nitrogens with one attached hydrogen (secondary N) is 1. The third-order valence-corrected chi connectivity index (χ3v) is 3.11. The van der Waals surface area contributed by atoms with E-state index in [2.05, 4.69) is 5.32 Å². The fraction of sp³-hybridized carbons (Fsp3) is 0.500. The molecule has 0 saturated heterocycles. The van der Waals surface area contributed by atoms with Gasteiger partial charge in [-0.25, -0.2) is 4.79 Å². The van der Waals surface area contributed by atoms with Gasteiger partial charge in [0.05, 0.1) is 7.11 Å². The van der Waals surface area contributed by atoms with Crippen LogP contribution in [0.25, 0.3) is 0 Å². The van der Waals surface area contributed by atoms with Crippen molar-refractivity contribution in [3.63, 3.8) is 0 Å². The molecule has 2 N–H and O–H groups in total. The Bertz CT molecular complexity index is 434. The van der Waals surface area contributed by atoms with E-state index >= 15 is 0 Å². The van der Waals surface area contributed by atoms with Gasteiger partial charge in [0.2, 0.25) is 0 Å². The van der Waals surface area contributed by atoms with E-state index in [1.807, 2.05) is 19.0 Å². The lowest BCUT2D eigenvalue weighted by atomic mass is 9.92. The van der Waals surface area contributed by atoms with E-state index in [1.54, 1.807) is 38.3 Å². The summed E-state index contributed by atoms with van der Waals surface area (Å²) in [7, 11) is 5.47. The molecular weight excluding hydrogens is 244 g/mol. The zero-order valence-corrected chi connectivity index (χ0v) is 11.9. The van der Waals surface area contributed by atoms with E-state index in [0.717, 1.165) is 6.54 Å². The predicted octanol–water partition coefficient (Wildman–Crippen LogP) is 1.15. The van der Waals surface area contributed by atoms with Crippen molar-refractivity contribution in [1.29, 1.82) is 0 Å². The van der Waals surface area contributed by atoms with Gasteiger partial charge >= 0.3 is 5.97 Å². The maximum atomic E-state index is 11.6. The van der Waals surface area contributed by atoms with E-state index in [0.29, 0.717) is 17.9 Å². The zero-order chi connectivity index (χ0) is 14.5. The van der Waals surface area contributed by atoms with Crippen molar-refractivity contribution in [1.82, 2.24) is 10.2 Å². The first-order valence-corrected chi connectivity index (χ1v) is 6.18. The van der Waals surface area contributed by atoms with Crippen LogP contribution in [0.5, 0.6) is 5.75 Å². The number of hydrogen-bond acceptors (Lipinski definition) is 4. The largest absolute Gasteiger partial charge is 0.497 e. The second-order valence-electron chi connectivity index (χ2n) is 4.89. The number of carboxylic acid groups (broad SMARTS) is 1. The molecule has 0 saturated carbocycles. The summed E-state index contributed by atoms with van der Waals surface area (Å²) in [5.74, 6) is -0.251. The highest BCUT2D eigenvalue weighted by Crippen LogP contribution is 2.24. The quantitative estimate of drug-likeness (QED) is 0.775. The van der Waals surface area contributed by atoms with Crippen molar-refractivity contribution in [2.24, 2.45) is 0 Å². The fourth-order valence-corrected chi connectivity index (χ4v) is 1.76. The summed E-state index contributed by atoms with van der Waals surface area (Å²) in [6.45, 7) is 3.03. The summed E-state index contributed by atoms with van der Waals surface area (Å²) < 4.78 is 5.14. The van der Waals surface area contributed by atoms with Gasteiger partial charge in [0, 0.05) is 13.1 Å². The third-order valence-electron chi connectivity index (χ3n) is 3.11. The molecule has 19 heavy (non-hydrogen) atoms. The lowest BCUT2D eigenvalue weighted by Gasteiger charge is -2.28. The Hall–Kier alpha value is -1.59. The molecule has 5 nitrogen and oxygen atoms in total. The van der Waals surface area contributed by atoms with E-state index in [4.69, 9.17) is 4.74 Å². The van der Waals surface area contributed by atoms with Crippen LogP contribution in [-0.2, 0) is 10.3 Å². The Kier molecular flexibility index (Phi) is 5.32. The Labute approximate surface area is 114 Å². The van der Waals surface area contributed by atoms with Crippen LogP contribution < -0.4 is 10.1 Å². The molecule has 1 atom stereocenters. The summed E-state index contributed by atoms with van der Waals surface area (Å²) in [5.41, 5.74) is -0.442. The van der Waals surface area contributed by atoms with E-state index < -0.39 is 11.5 Å². The molecule has 0 aliphatic heterocycles. The number of rotatable bonds is 7. The molecule has 5 heteroatoms. The molecule has 0 spiro atoms. The molecule has 1 aromatic rings. The van der Waals surface area contributed by atoms with Gasteiger partial charge in [0.25, 0.3) is 0 Å². The maximum Gasteiger partial charge on any atom is 0.328 e. The molecule has 0 aliphatic rings. The van der Waals surface area contributed by atoms with Crippen LogP contribution in [-0.4, -0.2) is 50.3 Å². The van der Waals surface area contributed by atoms with Crippen LogP contribution in [0.4, 0.5) is 0 Å². The number of likely N-dealkylation sites (N-methyl/N-ethyl adjacent to an activating group) is 1. The molecule has 1 unspecified atom stereocenters. The lowest BCUT2D eigenvalue weighted by Crippen LogP contribution is -2.48. The molecule has 0 fully saturated rings. The summed E-state index contributed by atoms with van der Waals surface area (Å²) >= 11 is 0. The van der Waals surface area contributed by atoms with Gasteiger partial charge in [-0.3, -0.25) is 5.32 Å². The van der Waals surface area contributed by atoms with E-state index in [-0.39, 0.29) is 0 Å². The van der Waals surface area contributed by atoms with Crippen molar-refractivity contribution in [2.45, 2.75) is 12.5 Å². The molecule has 0 aromatic heterocycles. The highest BCUT2D eigenvalue weighted by atomic mass is 16.5. The van der Waals surface area contributed by atoms with Gasteiger partial charge in [-0.1, -0.05) is 12.1 Å². The molecule has 0 bridgehead atoms. The van der Waals surface area contributed by atoms with Gasteiger partial charge in [0.15, 0.2) is 0 Å². The Morgan fingerprint density at radius 3 is 2.68 bits per heavy atom. The number of hydrogen-bond donors (Lipinski definition) is 2. The highest BCUT2D eigenvalue weighted by Gasteiger charge is 2.34. The van der Waals surface area contributed by atoms with Gasteiger partial charge in [-0.2, -0.15) is 0 Å². The molecule has 1 aromatic carbocycles. The Morgan fingerprint density at radius 2 is 2.16 bits per heavy atom. The van der Waals surface area contributed by atoms with Gasteiger partial charge in [-0.05, 0) is 38.7 Å². The summed E-state index contributed by atoms with van der Waals surface area (Å²) in [6.07, 6.45) is 0. The zero-order valence-electron chi connectivity index (χ0n) is 11.9. The number of ether oxygens (including phenoxy) is 1. The minimum absolute atomic E-state index is 0.590. The third kappa shape index (κ3) is 3.94.